The Kier molecular flexibility index (Phi) is 5.42. The predicted octanol–water partition coefficient (Wildman–Crippen LogP) is -0.0352. The third-order valence-electron chi connectivity index (χ3n) is 4.45. The number of carbonyl (C=O) groups is 1. The first kappa shape index (κ1) is 17.5. The van der Waals surface area contributed by atoms with Gasteiger partial charge in [0.1, 0.15) is 11.8 Å². The summed E-state index contributed by atoms with van der Waals surface area (Å²) >= 11 is 0. The van der Waals surface area contributed by atoms with Crippen LogP contribution in [0.2, 0.25) is 0 Å². The summed E-state index contributed by atoms with van der Waals surface area (Å²) in [6.07, 6.45) is 0.259. The molecule has 0 bridgehead atoms. The van der Waals surface area contributed by atoms with Crippen molar-refractivity contribution in [2.45, 2.75) is 37.8 Å². The molecule has 4 atom stereocenters. The van der Waals surface area contributed by atoms with Crippen LogP contribution in [0.4, 0.5) is 0 Å². The highest BCUT2D eigenvalue weighted by Gasteiger charge is 2.42. The van der Waals surface area contributed by atoms with Gasteiger partial charge >= 0.3 is 0 Å². The van der Waals surface area contributed by atoms with Gasteiger partial charge in [-0.1, -0.05) is 23.4 Å². The first-order valence-corrected chi connectivity index (χ1v) is 8.18. The van der Waals surface area contributed by atoms with E-state index in [-0.39, 0.29) is 11.8 Å². The number of hydrogen-bond acceptors (Lipinski definition) is 6. The van der Waals surface area contributed by atoms with Gasteiger partial charge in [-0.25, -0.2) is 0 Å². The summed E-state index contributed by atoms with van der Waals surface area (Å²) in [5.41, 5.74) is 1.22. The minimum Gasteiger partial charge on any atom is -0.390 e. The Morgan fingerprint density at radius 1 is 1.32 bits per heavy atom. The van der Waals surface area contributed by atoms with Crippen LogP contribution in [0.3, 0.4) is 0 Å². The molecule has 134 valence electrons. The molecule has 1 aliphatic carbocycles. The van der Waals surface area contributed by atoms with Crippen LogP contribution in [0, 0.1) is 5.92 Å². The Labute approximate surface area is 145 Å². The Bertz CT molecular complexity index is 706. The molecule has 1 amide bonds. The lowest BCUT2D eigenvalue weighted by atomic mass is 10.1. The summed E-state index contributed by atoms with van der Waals surface area (Å²) in [6.45, 7) is 0.776. The van der Waals surface area contributed by atoms with Crippen molar-refractivity contribution < 1.29 is 19.7 Å². The molecule has 2 aromatic rings. The van der Waals surface area contributed by atoms with E-state index in [0.29, 0.717) is 30.8 Å². The van der Waals surface area contributed by atoms with E-state index in [9.17, 15) is 15.0 Å². The highest BCUT2D eigenvalue weighted by Crippen LogP contribution is 2.28. The van der Waals surface area contributed by atoms with Crippen molar-refractivity contribution >= 4 is 5.91 Å². The number of carbonyl (C=O) groups excluding carboxylic acids is 1. The lowest BCUT2D eigenvalue weighted by Gasteiger charge is -2.18. The molecule has 0 aliphatic heterocycles. The predicted molar refractivity (Wildman–Crippen MR) is 88.6 cm³/mol. The summed E-state index contributed by atoms with van der Waals surface area (Å²) in [6, 6.07) is 8.29. The van der Waals surface area contributed by atoms with E-state index in [1.807, 2.05) is 6.07 Å². The molecule has 8 heteroatoms. The summed E-state index contributed by atoms with van der Waals surface area (Å²) in [7, 11) is 1.58. The number of ether oxygens (including phenoxy) is 1. The molecule has 1 saturated carbocycles. The molecule has 1 fully saturated rings. The Morgan fingerprint density at radius 3 is 2.80 bits per heavy atom. The number of amides is 1. The van der Waals surface area contributed by atoms with Gasteiger partial charge in [0.2, 0.25) is 0 Å². The van der Waals surface area contributed by atoms with E-state index >= 15 is 0 Å². The standard InChI is InChI=1S/C17H22N4O4/c1-25-10-13-9-21(20-19-13)8-12-7-14(16(23)15(12)22)18-17(24)11-5-3-2-4-6-11/h2-6,9,12,14-16,22-23H,7-8,10H2,1H3,(H,18,24). The Morgan fingerprint density at radius 2 is 2.08 bits per heavy atom. The van der Waals surface area contributed by atoms with Gasteiger partial charge in [0.15, 0.2) is 0 Å². The second-order valence-electron chi connectivity index (χ2n) is 6.29. The van der Waals surface area contributed by atoms with E-state index in [1.54, 1.807) is 42.3 Å². The normalized spacial score (nSPS) is 25.9. The van der Waals surface area contributed by atoms with Crippen LogP contribution in [0.25, 0.3) is 0 Å². The monoisotopic (exact) mass is 346 g/mol. The fourth-order valence-electron chi connectivity index (χ4n) is 3.17. The van der Waals surface area contributed by atoms with Gasteiger partial charge in [-0.2, -0.15) is 0 Å². The lowest BCUT2D eigenvalue weighted by Crippen LogP contribution is -2.43. The minimum atomic E-state index is -1.01. The maximum absolute atomic E-state index is 12.2. The molecule has 25 heavy (non-hydrogen) atoms. The number of rotatable bonds is 6. The summed E-state index contributed by atoms with van der Waals surface area (Å²) < 4.78 is 6.62. The topological polar surface area (TPSA) is 110 Å². The molecule has 0 radical (unpaired) electrons. The highest BCUT2D eigenvalue weighted by molar-refractivity contribution is 5.94. The second-order valence-corrected chi connectivity index (χ2v) is 6.29. The largest absolute Gasteiger partial charge is 0.390 e. The van der Waals surface area contributed by atoms with E-state index in [1.165, 1.54) is 0 Å². The van der Waals surface area contributed by atoms with Crippen molar-refractivity contribution in [2.75, 3.05) is 7.11 Å². The molecule has 0 spiro atoms. The van der Waals surface area contributed by atoms with Gasteiger partial charge in [-0.05, 0) is 18.6 Å². The summed E-state index contributed by atoms with van der Waals surface area (Å²) in [5.74, 6) is -0.492. The maximum atomic E-state index is 12.2. The average Bonchev–Trinajstić information content (AvgIpc) is 3.16. The number of aromatic nitrogens is 3. The molecule has 3 rings (SSSR count). The summed E-state index contributed by atoms with van der Waals surface area (Å²) in [5, 5.41) is 31.3. The zero-order valence-corrected chi connectivity index (χ0v) is 13.9. The first-order valence-electron chi connectivity index (χ1n) is 8.18. The average molecular weight is 346 g/mol. The van der Waals surface area contributed by atoms with Crippen molar-refractivity contribution in [3.63, 3.8) is 0 Å². The van der Waals surface area contributed by atoms with Gasteiger partial charge in [0, 0.05) is 25.1 Å². The van der Waals surface area contributed by atoms with E-state index < -0.39 is 18.2 Å². The fraction of sp³-hybridized carbons (Fsp3) is 0.471. The molecule has 4 unspecified atom stereocenters. The second kappa shape index (κ2) is 7.73. The van der Waals surface area contributed by atoms with Crippen LogP contribution in [0.1, 0.15) is 22.5 Å². The third kappa shape index (κ3) is 4.04. The molecule has 1 aromatic carbocycles. The number of nitrogens with zero attached hydrogens (tertiary/aromatic N) is 3. The number of benzene rings is 1. The fourth-order valence-corrected chi connectivity index (χ4v) is 3.17. The quantitative estimate of drug-likeness (QED) is 0.677. The van der Waals surface area contributed by atoms with Crippen molar-refractivity contribution in [1.82, 2.24) is 20.3 Å². The molecule has 1 aliphatic rings. The molecular formula is C17H22N4O4. The number of aliphatic hydroxyl groups is 2. The third-order valence-corrected chi connectivity index (χ3v) is 4.45. The van der Waals surface area contributed by atoms with E-state index in [4.69, 9.17) is 4.74 Å². The van der Waals surface area contributed by atoms with Crippen LogP contribution >= 0.6 is 0 Å². The first-order chi connectivity index (χ1) is 12.1. The van der Waals surface area contributed by atoms with Gasteiger partial charge < -0.3 is 20.3 Å². The zero-order chi connectivity index (χ0) is 17.8. The van der Waals surface area contributed by atoms with Gasteiger partial charge in [0.05, 0.1) is 24.9 Å². The van der Waals surface area contributed by atoms with Crippen molar-refractivity contribution in [3.05, 3.63) is 47.8 Å². The highest BCUT2D eigenvalue weighted by atomic mass is 16.5. The van der Waals surface area contributed by atoms with Crippen molar-refractivity contribution in [3.8, 4) is 0 Å². The van der Waals surface area contributed by atoms with Crippen LogP contribution in [-0.4, -0.2) is 56.5 Å². The van der Waals surface area contributed by atoms with Crippen LogP contribution in [0.5, 0.6) is 0 Å². The molecule has 3 N–H and O–H groups in total. The van der Waals surface area contributed by atoms with E-state index in [2.05, 4.69) is 15.6 Å². The van der Waals surface area contributed by atoms with Crippen LogP contribution < -0.4 is 5.32 Å². The van der Waals surface area contributed by atoms with E-state index in [0.717, 1.165) is 0 Å². The van der Waals surface area contributed by atoms with Gasteiger partial charge in [-0.3, -0.25) is 9.48 Å². The number of aliphatic hydroxyl groups excluding tert-OH is 2. The Balaban J connectivity index is 1.61. The molecular weight excluding hydrogens is 324 g/mol. The van der Waals surface area contributed by atoms with Crippen molar-refractivity contribution in [1.29, 1.82) is 0 Å². The van der Waals surface area contributed by atoms with Crippen LogP contribution in [0.15, 0.2) is 36.5 Å². The number of methoxy groups -OCH3 is 1. The van der Waals surface area contributed by atoms with Crippen molar-refractivity contribution in [2.24, 2.45) is 5.92 Å². The zero-order valence-electron chi connectivity index (χ0n) is 13.9. The number of nitrogens with one attached hydrogen (secondary N) is 1. The van der Waals surface area contributed by atoms with Gasteiger partial charge in [-0.15, -0.1) is 5.10 Å². The molecule has 0 saturated heterocycles. The number of hydrogen-bond donors (Lipinski definition) is 3. The SMILES string of the molecule is COCc1cn(CC2CC(NC(=O)c3ccccc3)C(O)C2O)nn1. The molecule has 8 nitrogen and oxygen atoms in total. The van der Waals surface area contributed by atoms with Crippen LogP contribution in [-0.2, 0) is 17.9 Å². The maximum Gasteiger partial charge on any atom is 0.251 e. The van der Waals surface area contributed by atoms with Gasteiger partial charge in [0.25, 0.3) is 5.91 Å². The summed E-state index contributed by atoms with van der Waals surface area (Å²) in [4.78, 5) is 12.2. The lowest BCUT2D eigenvalue weighted by molar-refractivity contribution is 0.00761. The molecule has 1 aromatic heterocycles. The minimum absolute atomic E-state index is 0.229. The smallest absolute Gasteiger partial charge is 0.251 e. The Hall–Kier alpha value is -2.29. The molecule has 1 heterocycles.